The van der Waals surface area contributed by atoms with E-state index in [1.807, 2.05) is 36.4 Å². The lowest BCUT2D eigenvalue weighted by molar-refractivity contribution is -0.233. The van der Waals surface area contributed by atoms with E-state index in [-0.39, 0.29) is 0 Å². The Labute approximate surface area is 112 Å². The molecule has 3 nitrogen and oxygen atoms in total. The predicted octanol–water partition coefficient (Wildman–Crippen LogP) is 2.91. The van der Waals surface area contributed by atoms with Crippen LogP contribution in [0.2, 0.25) is 0 Å². The van der Waals surface area contributed by atoms with Gasteiger partial charge in [0.15, 0.2) is 0 Å². The SMILES string of the molecule is COC1OCC(c2ccccc2)(c2ccccc2)O1. The molecule has 3 rings (SSSR count). The fourth-order valence-electron chi connectivity index (χ4n) is 2.42. The zero-order valence-electron chi connectivity index (χ0n) is 10.8. The minimum absolute atomic E-state index is 0.444. The summed E-state index contributed by atoms with van der Waals surface area (Å²) in [4.78, 5) is 0. The molecule has 0 aliphatic carbocycles. The van der Waals surface area contributed by atoms with Gasteiger partial charge in [0, 0.05) is 7.11 Å². The van der Waals surface area contributed by atoms with E-state index in [0.717, 1.165) is 11.1 Å². The van der Waals surface area contributed by atoms with E-state index in [0.29, 0.717) is 6.61 Å². The van der Waals surface area contributed by atoms with Crippen molar-refractivity contribution in [1.29, 1.82) is 0 Å². The van der Waals surface area contributed by atoms with Crippen LogP contribution in [0.3, 0.4) is 0 Å². The maximum absolute atomic E-state index is 6.03. The largest absolute Gasteiger partial charge is 0.333 e. The highest BCUT2D eigenvalue weighted by Crippen LogP contribution is 2.39. The van der Waals surface area contributed by atoms with Crippen LogP contribution in [0.4, 0.5) is 0 Å². The molecular formula is C16H16O3. The summed E-state index contributed by atoms with van der Waals surface area (Å²) in [6, 6.07) is 20.2. The second-order valence-corrected chi connectivity index (χ2v) is 4.51. The molecule has 1 unspecified atom stereocenters. The molecule has 98 valence electrons. The summed E-state index contributed by atoms with van der Waals surface area (Å²) >= 11 is 0. The van der Waals surface area contributed by atoms with Crippen molar-refractivity contribution in [3.63, 3.8) is 0 Å². The van der Waals surface area contributed by atoms with E-state index in [9.17, 15) is 0 Å². The summed E-state index contributed by atoms with van der Waals surface area (Å²) in [6.07, 6.45) is 0. The maximum Gasteiger partial charge on any atom is 0.272 e. The Morgan fingerprint density at radius 1 is 0.947 bits per heavy atom. The molecule has 0 aromatic heterocycles. The fraction of sp³-hybridized carbons (Fsp3) is 0.250. The van der Waals surface area contributed by atoms with Crippen LogP contribution in [-0.2, 0) is 19.8 Å². The number of hydrogen-bond acceptors (Lipinski definition) is 3. The highest BCUT2D eigenvalue weighted by atomic mass is 16.9. The van der Waals surface area contributed by atoms with E-state index >= 15 is 0 Å². The molecule has 1 aliphatic rings. The van der Waals surface area contributed by atoms with Crippen molar-refractivity contribution in [2.75, 3.05) is 13.7 Å². The Balaban J connectivity index is 2.07. The summed E-state index contributed by atoms with van der Waals surface area (Å²) in [5.74, 6) is 0. The van der Waals surface area contributed by atoms with Gasteiger partial charge in [0.1, 0.15) is 5.60 Å². The highest BCUT2D eigenvalue weighted by Gasteiger charge is 2.44. The minimum atomic E-state index is -0.625. The summed E-state index contributed by atoms with van der Waals surface area (Å²) in [5, 5.41) is 0. The van der Waals surface area contributed by atoms with Gasteiger partial charge in [-0.3, -0.25) is 0 Å². The van der Waals surface area contributed by atoms with E-state index in [2.05, 4.69) is 24.3 Å². The molecule has 1 aliphatic heterocycles. The average molecular weight is 256 g/mol. The van der Waals surface area contributed by atoms with Crippen LogP contribution in [-0.4, -0.2) is 20.2 Å². The van der Waals surface area contributed by atoms with Crippen molar-refractivity contribution in [3.05, 3.63) is 71.8 Å². The second-order valence-electron chi connectivity index (χ2n) is 4.51. The molecule has 1 saturated heterocycles. The predicted molar refractivity (Wildman–Crippen MR) is 71.5 cm³/mol. The lowest BCUT2D eigenvalue weighted by atomic mass is 9.87. The first-order valence-electron chi connectivity index (χ1n) is 6.28. The molecule has 0 amide bonds. The Bertz CT molecular complexity index is 485. The molecular weight excluding hydrogens is 240 g/mol. The Hall–Kier alpha value is -1.68. The molecule has 1 atom stereocenters. The molecule has 0 bridgehead atoms. The summed E-state index contributed by atoms with van der Waals surface area (Å²) in [7, 11) is 1.58. The molecule has 19 heavy (non-hydrogen) atoms. The van der Waals surface area contributed by atoms with Gasteiger partial charge in [-0.15, -0.1) is 0 Å². The van der Waals surface area contributed by atoms with Gasteiger partial charge in [0.25, 0.3) is 6.48 Å². The lowest BCUT2D eigenvalue weighted by Crippen LogP contribution is -2.31. The molecule has 1 fully saturated rings. The van der Waals surface area contributed by atoms with Crippen molar-refractivity contribution < 1.29 is 14.2 Å². The summed E-state index contributed by atoms with van der Waals surface area (Å²) < 4.78 is 16.8. The van der Waals surface area contributed by atoms with Gasteiger partial charge in [-0.05, 0) is 11.1 Å². The lowest BCUT2D eigenvalue weighted by Gasteiger charge is -2.28. The van der Waals surface area contributed by atoms with Gasteiger partial charge >= 0.3 is 0 Å². The van der Waals surface area contributed by atoms with E-state index in [1.54, 1.807) is 7.11 Å². The number of benzene rings is 2. The van der Waals surface area contributed by atoms with E-state index in [4.69, 9.17) is 14.2 Å². The zero-order chi connectivity index (χ0) is 13.1. The standard InChI is InChI=1S/C16H16O3/c1-17-15-18-12-16(19-15,13-8-4-2-5-9-13)14-10-6-3-7-11-14/h2-11,15H,12H2,1H3. The smallest absolute Gasteiger partial charge is 0.272 e. The topological polar surface area (TPSA) is 27.7 Å². The molecule has 0 N–H and O–H groups in total. The van der Waals surface area contributed by atoms with E-state index < -0.39 is 12.1 Å². The van der Waals surface area contributed by atoms with Crippen molar-refractivity contribution in [1.82, 2.24) is 0 Å². The maximum atomic E-state index is 6.03. The Morgan fingerprint density at radius 2 is 1.47 bits per heavy atom. The van der Waals surface area contributed by atoms with Crippen molar-refractivity contribution in [3.8, 4) is 0 Å². The van der Waals surface area contributed by atoms with Gasteiger partial charge in [-0.25, -0.2) is 0 Å². The molecule has 1 heterocycles. The zero-order valence-corrected chi connectivity index (χ0v) is 10.8. The Kier molecular flexibility index (Phi) is 3.34. The summed E-state index contributed by atoms with van der Waals surface area (Å²) in [6.45, 7) is -0.181. The second kappa shape index (κ2) is 5.13. The van der Waals surface area contributed by atoms with Crippen molar-refractivity contribution >= 4 is 0 Å². The molecule has 2 aromatic carbocycles. The Morgan fingerprint density at radius 3 is 1.89 bits per heavy atom. The molecule has 0 saturated carbocycles. The van der Waals surface area contributed by atoms with Crippen LogP contribution in [0.15, 0.2) is 60.7 Å². The molecule has 3 heteroatoms. The van der Waals surface area contributed by atoms with E-state index in [1.165, 1.54) is 0 Å². The highest BCUT2D eigenvalue weighted by molar-refractivity contribution is 5.37. The monoisotopic (exact) mass is 256 g/mol. The van der Waals surface area contributed by atoms with Crippen molar-refractivity contribution in [2.24, 2.45) is 0 Å². The summed E-state index contributed by atoms with van der Waals surface area (Å²) in [5.41, 5.74) is 1.55. The van der Waals surface area contributed by atoms with Crippen LogP contribution in [0.1, 0.15) is 11.1 Å². The fourth-order valence-corrected chi connectivity index (χ4v) is 2.42. The average Bonchev–Trinajstić information content (AvgIpc) is 2.95. The number of hydrogen-bond donors (Lipinski definition) is 0. The minimum Gasteiger partial charge on any atom is -0.333 e. The van der Waals surface area contributed by atoms with Crippen LogP contribution in [0, 0.1) is 0 Å². The third kappa shape index (κ3) is 2.16. The first kappa shape index (κ1) is 12.4. The first-order valence-corrected chi connectivity index (χ1v) is 6.28. The van der Waals surface area contributed by atoms with Gasteiger partial charge < -0.3 is 14.2 Å². The number of methoxy groups -OCH3 is 1. The van der Waals surface area contributed by atoms with Crippen LogP contribution < -0.4 is 0 Å². The van der Waals surface area contributed by atoms with Crippen LogP contribution in [0.5, 0.6) is 0 Å². The quantitative estimate of drug-likeness (QED) is 0.845. The normalized spacial score (nSPS) is 21.4. The molecule has 2 aromatic rings. The van der Waals surface area contributed by atoms with Gasteiger partial charge in [-0.2, -0.15) is 0 Å². The third-order valence-electron chi connectivity index (χ3n) is 3.39. The first-order chi connectivity index (χ1) is 9.35. The van der Waals surface area contributed by atoms with Gasteiger partial charge in [-0.1, -0.05) is 60.7 Å². The number of ether oxygens (including phenoxy) is 3. The van der Waals surface area contributed by atoms with Crippen molar-refractivity contribution in [2.45, 2.75) is 12.1 Å². The number of rotatable bonds is 3. The molecule has 0 radical (unpaired) electrons. The van der Waals surface area contributed by atoms with Crippen LogP contribution >= 0.6 is 0 Å². The third-order valence-corrected chi connectivity index (χ3v) is 3.39. The van der Waals surface area contributed by atoms with Crippen LogP contribution in [0.25, 0.3) is 0 Å². The van der Waals surface area contributed by atoms with Gasteiger partial charge in [0.05, 0.1) is 6.61 Å². The van der Waals surface area contributed by atoms with Gasteiger partial charge in [0.2, 0.25) is 0 Å². The molecule has 0 spiro atoms.